The minimum Gasteiger partial charge on any atom is -0.494 e. The standard InChI is InChI=1S/C112H140N4O12/c1-109(2,3)87-45-57-93(58-46-87)115(94-59-47-88(48-60-94)110(4,5)6)91-53-37-83(38-54-91)85-41-65-97(66-42-85)123-75-31-25-27-33-77-125-101-81-100(108(122)128-80-36-24-20-16-14-18-22-30-74-114-105(119)71-72-106(114)120)102(82-99(101)107(121)127-79-35-23-19-15-13-17-21-29-73-113-103(117)69-70-104(113)118)126-78-34-28-26-32-76-124-98-67-43-86(44-68-98)84-39-55-92(56-40-84)116(95-61-49-89(50-62-95)111(7,8)9)96-63-51-90(52-64-96)112(10,11)12/h37-72,81-82,103,117H,13-36,73-80H2,1-12H3. The molecule has 0 radical (unpaired) electrons. The van der Waals surface area contributed by atoms with Crippen LogP contribution in [0, 0.1) is 0 Å². The van der Waals surface area contributed by atoms with Gasteiger partial charge in [0.2, 0.25) is 5.91 Å². The molecule has 11 rings (SSSR count). The number of aliphatic hydroxyl groups is 1. The Hall–Kier alpha value is -11.2. The zero-order chi connectivity index (χ0) is 91.1. The molecule has 2 aliphatic heterocycles. The number of unbranched alkanes of at least 4 members (excludes halogenated alkanes) is 20. The van der Waals surface area contributed by atoms with Crippen LogP contribution >= 0.6 is 0 Å². The van der Waals surface area contributed by atoms with Crippen LogP contribution in [0.3, 0.4) is 0 Å². The van der Waals surface area contributed by atoms with E-state index in [0.29, 0.717) is 65.2 Å². The monoisotopic (exact) mass is 1730 g/mol. The highest BCUT2D eigenvalue weighted by Gasteiger charge is 2.28. The fourth-order valence-electron chi connectivity index (χ4n) is 16.2. The number of rotatable bonds is 50. The summed E-state index contributed by atoms with van der Waals surface area (Å²) in [5, 5.41) is 10.1. The molecule has 2 aliphatic rings. The summed E-state index contributed by atoms with van der Waals surface area (Å²) in [7, 11) is 0. The number of nitrogens with zero attached hydrogens (tertiary/aromatic N) is 4. The van der Waals surface area contributed by atoms with Crippen molar-refractivity contribution in [3.05, 3.63) is 264 Å². The van der Waals surface area contributed by atoms with E-state index in [1.165, 1.54) is 56.4 Å². The molecular weight excluding hydrogens is 1590 g/mol. The van der Waals surface area contributed by atoms with Gasteiger partial charge >= 0.3 is 11.9 Å². The Balaban J connectivity index is 0.684. The van der Waals surface area contributed by atoms with Crippen molar-refractivity contribution in [2.45, 2.75) is 265 Å². The molecule has 1 unspecified atom stereocenters. The molecule has 16 heteroatoms. The topological polar surface area (TPSA) is 174 Å². The Morgan fingerprint density at radius 1 is 0.297 bits per heavy atom. The average molecular weight is 1730 g/mol. The molecule has 2 heterocycles. The Bertz CT molecular complexity index is 4900. The average Bonchev–Trinajstić information content (AvgIpc) is 0.805. The third kappa shape index (κ3) is 29.4. The first-order valence-electron chi connectivity index (χ1n) is 47.2. The molecular formula is C112H140N4O12. The summed E-state index contributed by atoms with van der Waals surface area (Å²) in [5.74, 6) is 0.354. The van der Waals surface area contributed by atoms with Gasteiger partial charge in [-0.3, -0.25) is 19.3 Å². The number of carbonyl (C=O) groups excluding carboxylic acids is 5. The Morgan fingerprint density at radius 3 is 0.828 bits per heavy atom. The minimum atomic E-state index is -0.829. The van der Waals surface area contributed by atoms with Crippen LogP contribution in [0.4, 0.5) is 34.1 Å². The van der Waals surface area contributed by atoms with Crippen molar-refractivity contribution < 1.29 is 57.5 Å². The van der Waals surface area contributed by atoms with E-state index >= 15 is 0 Å². The number of benzene rings is 9. The minimum absolute atomic E-state index is 0.0462. The van der Waals surface area contributed by atoms with Gasteiger partial charge in [0.25, 0.3) is 11.8 Å². The molecule has 0 fully saturated rings. The highest BCUT2D eigenvalue weighted by molar-refractivity contribution is 6.13. The third-order valence-electron chi connectivity index (χ3n) is 24.2. The van der Waals surface area contributed by atoms with Gasteiger partial charge in [0, 0.05) is 65.4 Å². The molecule has 1 atom stereocenters. The van der Waals surface area contributed by atoms with Crippen LogP contribution in [0.1, 0.15) is 280 Å². The van der Waals surface area contributed by atoms with Gasteiger partial charge in [-0.25, -0.2) is 9.59 Å². The first kappa shape index (κ1) is 97.4. The van der Waals surface area contributed by atoms with Crippen LogP contribution in [0.5, 0.6) is 23.0 Å². The van der Waals surface area contributed by atoms with E-state index in [1.54, 1.807) is 12.1 Å². The van der Waals surface area contributed by atoms with Crippen molar-refractivity contribution in [3.8, 4) is 45.3 Å². The number of hydrogen-bond donors (Lipinski definition) is 1. The Morgan fingerprint density at radius 2 is 0.547 bits per heavy atom. The lowest BCUT2D eigenvalue weighted by molar-refractivity contribution is -0.137. The molecule has 680 valence electrons. The highest BCUT2D eigenvalue weighted by atomic mass is 16.5. The smallest absolute Gasteiger partial charge is 0.342 e. The van der Waals surface area contributed by atoms with Crippen molar-refractivity contribution in [1.82, 2.24) is 9.80 Å². The largest absolute Gasteiger partial charge is 0.494 e. The van der Waals surface area contributed by atoms with Crippen molar-refractivity contribution in [1.29, 1.82) is 0 Å². The quantitative estimate of drug-likeness (QED) is 0.0217. The Kier molecular flexibility index (Phi) is 36.3. The van der Waals surface area contributed by atoms with Crippen LogP contribution in [0.2, 0.25) is 0 Å². The van der Waals surface area contributed by atoms with Crippen molar-refractivity contribution >= 4 is 63.8 Å². The maximum atomic E-state index is 14.4. The van der Waals surface area contributed by atoms with Gasteiger partial charge in [-0.2, -0.15) is 0 Å². The summed E-state index contributed by atoms with van der Waals surface area (Å²) in [5.41, 5.74) is 16.7. The number of hydrogen-bond acceptors (Lipinski definition) is 14. The first-order valence-corrected chi connectivity index (χ1v) is 47.2. The lowest BCUT2D eigenvalue weighted by atomic mass is 9.86. The van der Waals surface area contributed by atoms with Gasteiger partial charge in [0.05, 0.1) is 39.6 Å². The van der Waals surface area contributed by atoms with Gasteiger partial charge in [-0.05, 0) is 258 Å². The summed E-state index contributed by atoms with van der Waals surface area (Å²) < 4.78 is 37.6. The molecule has 0 spiro atoms. The second-order valence-corrected chi connectivity index (χ2v) is 38.5. The summed E-state index contributed by atoms with van der Waals surface area (Å²) in [4.78, 5) is 72.2. The molecule has 16 nitrogen and oxygen atoms in total. The molecule has 9 aromatic carbocycles. The van der Waals surface area contributed by atoms with Crippen molar-refractivity contribution in [2.75, 3.05) is 62.5 Å². The zero-order valence-electron chi connectivity index (χ0n) is 78.4. The number of carbonyl (C=O) groups is 5. The van der Waals surface area contributed by atoms with E-state index in [0.717, 1.165) is 196 Å². The molecule has 0 saturated carbocycles. The SMILES string of the molecule is CC(C)(C)c1ccc(N(c2ccc(-c3ccc(OCCCCCCOc4cc(C(=O)OCCCCCCCCCCN5C(=O)C=CC5O)c(OCCCCCCOc5ccc(-c6ccc(N(c7ccc(C(C)(C)C)cc7)c7ccc(C(C)(C)C)cc7)cc6)cc5)cc4C(=O)OCCCCCCCCCCN4C(=O)C=CC4=O)cc3)cc2)c2ccc(C(C)(C)C)cc2)cc1. The molecule has 9 aromatic rings. The van der Waals surface area contributed by atoms with Gasteiger partial charge in [-0.15, -0.1) is 0 Å². The highest BCUT2D eigenvalue weighted by Crippen LogP contribution is 2.42. The Labute approximate surface area is 763 Å². The molecule has 128 heavy (non-hydrogen) atoms. The fraction of sp³-hybridized carbons (Fsp3) is 0.438. The lowest BCUT2D eigenvalue weighted by Crippen LogP contribution is -2.34. The van der Waals surface area contributed by atoms with Crippen LogP contribution < -0.4 is 28.7 Å². The summed E-state index contributed by atoms with van der Waals surface area (Å²) in [6.07, 6.45) is 26.1. The van der Waals surface area contributed by atoms with E-state index in [2.05, 4.69) is 263 Å². The van der Waals surface area contributed by atoms with E-state index in [4.69, 9.17) is 28.4 Å². The molecule has 0 aromatic heterocycles. The number of ether oxygens (including phenoxy) is 6. The first-order chi connectivity index (χ1) is 61.5. The summed E-state index contributed by atoms with van der Waals surface area (Å²) in [6.45, 7) is 30.0. The number of amides is 3. The van der Waals surface area contributed by atoms with E-state index < -0.39 is 18.2 Å². The van der Waals surface area contributed by atoms with Crippen LogP contribution in [0.25, 0.3) is 22.3 Å². The van der Waals surface area contributed by atoms with Crippen LogP contribution in [0.15, 0.2) is 231 Å². The summed E-state index contributed by atoms with van der Waals surface area (Å²) >= 11 is 0. The molecule has 0 bridgehead atoms. The predicted molar refractivity (Wildman–Crippen MR) is 520 cm³/mol. The number of aliphatic hydroxyl groups excluding tert-OH is 1. The van der Waals surface area contributed by atoms with E-state index in [-0.39, 0.29) is 75.2 Å². The number of imide groups is 1. The zero-order valence-corrected chi connectivity index (χ0v) is 78.4. The van der Waals surface area contributed by atoms with Gasteiger partial charge < -0.3 is 48.2 Å². The van der Waals surface area contributed by atoms with Gasteiger partial charge in [0.1, 0.15) is 40.4 Å². The van der Waals surface area contributed by atoms with Crippen LogP contribution in [-0.4, -0.2) is 104 Å². The van der Waals surface area contributed by atoms with E-state index in [1.807, 2.05) is 24.3 Å². The lowest BCUT2D eigenvalue weighted by Gasteiger charge is -2.28. The van der Waals surface area contributed by atoms with Crippen molar-refractivity contribution in [3.63, 3.8) is 0 Å². The van der Waals surface area contributed by atoms with E-state index in [9.17, 15) is 29.1 Å². The number of esters is 2. The molecule has 3 amide bonds. The maximum absolute atomic E-state index is 14.4. The summed E-state index contributed by atoms with van der Waals surface area (Å²) in [6, 6.07) is 73.0. The second kappa shape index (κ2) is 47.7. The third-order valence-corrected chi connectivity index (χ3v) is 24.2. The fourth-order valence-corrected chi connectivity index (χ4v) is 16.2. The normalized spacial score (nSPS) is 13.5. The van der Waals surface area contributed by atoms with Crippen LogP contribution in [-0.2, 0) is 45.5 Å². The second-order valence-electron chi connectivity index (χ2n) is 38.5. The van der Waals surface area contributed by atoms with Gasteiger partial charge in [0.15, 0.2) is 0 Å². The van der Waals surface area contributed by atoms with Gasteiger partial charge in [-0.1, -0.05) is 257 Å². The maximum Gasteiger partial charge on any atom is 0.342 e. The van der Waals surface area contributed by atoms with Crippen molar-refractivity contribution in [2.24, 2.45) is 0 Å². The predicted octanol–water partition coefficient (Wildman–Crippen LogP) is 27.4. The number of anilines is 6. The molecule has 0 saturated heterocycles. The molecule has 0 aliphatic carbocycles. The molecule has 1 N–H and O–H groups in total.